The van der Waals surface area contributed by atoms with Crippen LogP contribution in [0.2, 0.25) is 0 Å². The lowest BCUT2D eigenvalue weighted by molar-refractivity contribution is -0.137. The minimum Gasteiger partial charge on any atom is -0.496 e. The summed E-state index contributed by atoms with van der Waals surface area (Å²) in [6, 6.07) is 9.41. The summed E-state index contributed by atoms with van der Waals surface area (Å²) in [4.78, 5) is 18.5. The van der Waals surface area contributed by atoms with Gasteiger partial charge in [-0.1, -0.05) is 25.5 Å². The highest BCUT2D eigenvalue weighted by Crippen LogP contribution is 2.40. The molecule has 3 aromatic rings. The van der Waals surface area contributed by atoms with Gasteiger partial charge in [0.2, 0.25) is 0 Å². The summed E-state index contributed by atoms with van der Waals surface area (Å²) < 4.78 is 66.0. The van der Waals surface area contributed by atoms with E-state index in [0.717, 1.165) is 12.1 Å². The minimum absolute atomic E-state index is 0.0292. The monoisotopic (exact) mass is 541 g/mol. The lowest BCUT2D eigenvalue weighted by Crippen LogP contribution is -2.31. The van der Waals surface area contributed by atoms with Crippen LogP contribution in [0.25, 0.3) is 11.1 Å². The first kappa shape index (κ1) is 27.9. The van der Waals surface area contributed by atoms with Crippen LogP contribution >= 0.6 is 0 Å². The fourth-order valence-electron chi connectivity index (χ4n) is 4.81. The third-order valence-electron chi connectivity index (χ3n) is 6.82. The van der Waals surface area contributed by atoms with E-state index < -0.39 is 35.8 Å². The molecule has 6 nitrogen and oxygen atoms in total. The molecule has 1 fully saturated rings. The highest BCUT2D eigenvalue weighted by atomic mass is 19.4. The summed E-state index contributed by atoms with van der Waals surface area (Å²) in [6.07, 6.45) is -4.73. The first-order valence-corrected chi connectivity index (χ1v) is 12.3. The normalized spacial score (nSPS) is 17.4. The molecule has 204 valence electrons. The molecular formula is C29H27F4N3O3. The van der Waals surface area contributed by atoms with Gasteiger partial charge in [-0.3, -0.25) is 4.90 Å². The van der Waals surface area contributed by atoms with Crippen LogP contribution in [-0.2, 0) is 17.5 Å². The van der Waals surface area contributed by atoms with Crippen molar-refractivity contribution in [3.8, 4) is 22.9 Å². The largest absolute Gasteiger partial charge is 0.496 e. The molecule has 4 rings (SSSR count). The van der Waals surface area contributed by atoms with E-state index >= 15 is 0 Å². The Bertz CT molecular complexity index is 1460. The number of methoxy groups -OCH3 is 1. The van der Waals surface area contributed by atoms with Crippen molar-refractivity contribution >= 4 is 6.09 Å². The Morgan fingerprint density at radius 2 is 1.87 bits per heavy atom. The van der Waals surface area contributed by atoms with E-state index in [4.69, 9.17) is 9.47 Å². The van der Waals surface area contributed by atoms with Gasteiger partial charge in [0.25, 0.3) is 0 Å². The SMILES string of the molecule is COc1cc(F)c(C(C)C)cc1-c1cnc(C#N)cc1CN1C(=O)O[C@H](c2cc(C)cc(C(F)(F)F)c2)[C@@H]1C. The lowest BCUT2D eigenvalue weighted by Gasteiger charge is -2.23. The molecular weight excluding hydrogens is 514 g/mol. The van der Waals surface area contributed by atoms with E-state index in [-0.39, 0.29) is 29.5 Å². The molecule has 39 heavy (non-hydrogen) atoms. The van der Waals surface area contributed by atoms with Gasteiger partial charge in [0, 0.05) is 23.4 Å². The number of halogens is 4. The second-order valence-electron chi connectivity index (χ2n) is 9.87. The molecule has 10 heteroatoms. The molecule has 1 saturated heterocycles. The zero-order valence-corrected chi connectivity index (χ0v) is 22.1. The van der Waals surface area contributed by atoms with Crippen molar-refractivity contribution in [3.05, 3.63) is 81.9 Å². The lowest BCUT2D eigenvalue weighted by atomic mass is 9.93. The van der Waals surface area contributed by atoms with E-state index in [1.54, 1.807) is 26.0 Å². The summed E-state index contributed by atoms with van der Waals surface area (Å²) in [7, 11) is 1.41. The van der Waals surface area contributed by atoms with Crippen molar-refractivity contribution in [1.29, 1.82) is 5.26 Å². The summed E-state index contributed by atoms with van der Waals surface area (Å²) in [5.41, 5.74) is 1.93. The van der Waals surface area contributed by atoms with Gasteiger partial charge in [-0.25, -0.2) is 14.2 Å². The molecule has 0 bridgehead atoms. The third kappa shape index (κ3) is 5.53. The molecule has 1 aromatic heterocycles. The Labute approximate surface area is 223 Å². The number of carbonyl (C=O) groups is 1. The van der Waals surface area contributed by atoms with Gasteiger partial charge in [-0.15, -0.1) is 0 Å². The minimum atomic E-state index is -4.55. The van der Waals surface area contributed by atoms with Crippen LogP contribution in [0.15, 0.2) is 42.6 Å². The summed E-state index contributed by atoms with van der Waals surface area (Å²) in [6.45, 7) is 6.91. The van der Waals surface area contributed by atoms with Crippen LogP contribution in [0, 0.1) is 24.1 Å². The number of nitrogens with zero attached hydrogens (tertiary/aromatic N) is 3. The van der Waals surface area contributed by atoms with Gasteiger partial charge < -0.3 is 9.47 Å². The molecule has 0 N–H and O–H groups in total. The number of carbonyl (C=O) groups excluding carboxylic acids is 1. The van der Waals surface area contributed by atoms with Gasteiger partial charge >= 0.3 is 12.3 Å². The van der Waals surface area contributed by atoms with Crippen molar-refractivity contribution in [2.75, 3.05) is 7.11 Å². The Morgan fingerprint density at radius 3 is 2.49 bits per heavy atom. The second kappa shape index (κ2) is 10.6. The van der Waals surface area contributed by atoms with Crippen molar-refractivity contribution in [3.63, 3.8) is 0 Å². The topological polar surface area (TPSA) is 75.5 Å². The van der Waals surface area contributed by atoms with E-state index in [9.17, 15) is 27.6 Å². The van der Waals surface area contributed by atoms with Crippen LogP contribution in [0.3, 0.4) is 0 Å². The fraction of sp³-hybridized carbons (Fsp3) is 0.345. The van der Waals surface area contributed by atoms with Crippen molar-refractivity contribution < 1.29 is 31.8 Å². The maximum atomic E-state index is 14.7. The Balaban J connectivity index is 1.75. The van der Waals surface area contributed by atoms with E-state index in [1.165, 1.54) is 30.3 Å². The number of amides is 1. The van der Waals surface area contributed by atoms with Crippen molar-refractivity contribution in [2.24, 2.45) is 0 Å². The number of ether oxygens (including phenoxy) is 2. The van der Waals surface area contributed by atoms with Gasteiger partial charge in [0.05, 0.1) is 25.3 Å². The molecule has 2 heterocycles. The maximum absolute atomic E-state index is 14.7. The number of aryl methyl sites for hydroxylation is 1. The number of pyridine rings is 1. The molecule has 1 amide bonds. The molecule has 0 radical (unpaired) electrons. The average Bonchev–Trinajstić information content (AvgIpc) is 3.15. The predicted molar refractivity (Wildman–Crippen MR) is 135 cm³/mol. The van der Waals surface area contributed by atoms with E-state index in [0.29, 0.717) is 27.8 Å². The van der Waals surface area contributed by atoms with Crippen LogP contribution in [0.4, 0.5) is 22.4 Å². The van der Waals surface area contributed by atoms with Crippen LogP contribution in [0.5, 0.6) is 5.75 Å². The number of rotatable bonds is 6. The van der Waals surface area contributed by atoms with Gasteiger partial charge in [-0.2, -0.15) is 18.4 Å². The molecule has 2 aromatic carbocycles. The summed E-state index contributed by atoms with van der Waals surface area (Å²) in [5.74, 6) is -0.307. The molecule has 0 aliphatic carbocycles. The first-order valence-electron chi connectivity index (χ1n) is 12.3. The number of hydrogen-bond donors (Lipinski definition) is 0. The van der Waals surface area contributed by atoms with Crippen LogP contribution < -0.4 is 4.74 Å². The van der Waals surface area contributed by atoms with Gasteiger partial charge in [-0.05, 0) is 60.7 Å². The Hall–Kier alpha value is -4.13. The molecule has 0 saturated carbocycles. The molecule has 1 aliphatic rings. The zero-order chi connectivity index (χ0) is 28.6. The van der Waals surface area contributed by atoms with Crippen LogP contribution in [-0.4, -0.2) is 29.1 Å². The number of cyclic esters (lactones) is 1. The Kier molecular flexibility index (Phi) is 7.55. The van der Waals surface area contributed by atoms with Gasteiger partial charge in [0.15, 0.2) is 0 Å². The first-order chi connectivity index (χ1) is 18.3. The Morgan fingerprint density at radius 1 is 1.15 bits per heavy atom. The molecule has 2 atom stereocenters. The fourth-order valence-corrected chi connectivity index (χ4v) is 4.81. The number of hydrogen-bond acceptors (Lipinski definition) is 5. The zero-order valence-electron chi connectivity index (χ0n) is 22.1. The quantitative estimate of drug-likeness (QED) is 0.306. The highest BCUT2D eigenvalue weighted by Gasteiger charge is 2.41. The van der Waals surface area contributed by atoms with E-state index in [1.807, 2.05) is 19.9 Å². The van der Waals surface area contributed by atoms with Gasteiger partial charge in [0.1, 0.15) is 29.4 Å². The maximum Gasteiger partial charge on any atom is 0.416 e. The average molecular weight is 542 g/mol. The van der Waals surface area contributed by atoms with Crippen molar-refractivity contribution in [2.45, 2.75) is 58.5 Å². The van der Waals surface area contributed by atoms with Crippen LogP contribution in [0.1, 0.15) is 66.3 Å². The second-order valence-corrected chi connectivity index (χ2v) is 9.87. The summed E-state index contributed by atoms with van der Waals surface area (Å²) in [5, 5.41) is 9.47. The number of alkyl halides is 3. The van der Waals surface area contributed by atoms with E-state index in [2.05, 4.69) is 4.98 Å². The number of benzene rings is 2. The summed E-state index contributed by atoms with van der Waals surface area (Å²) >= 11 is 0. The van der Waals surface area contributed by atoms with Crippen molar-refractivity contribution in [1.82, 2.24) is 9.88 Å². The molecule has 0 unspecified atom stereocenters. The number of aromatic nitrogens is 1. The molecule has 0 spiro atoms. The highest BCUT2D eigenvalue weighted by molar-refractivity contribution is 5.76. The smallest absolute Gasteiger partial charge is 0.416 e. The standard InChI is InChI=1S/C29H27F4N3O3/c1-15(2)22-10-23(26(38-5)11-25(22)30)24-13-35-21(12-34)9-19(24)14-36-17(4)27(39-28(36)37)18-6-16(3)7-20(8-18)29(31,32)33/h6-11,13,15,17,27H,14H2,1-5H3/t17-,27-/m0/s1. The molecule has 1 aliphatic heterocycles. The predicted octanol–water partition coefficient (Wildman–Crippen LogP) is 7.30. The number of nitriles is 1. The third-order valence-corrected chi connectivity index (χ3v) is 6.82.